The van der Waals surface area contributed by atoms with E-state index in [4.69, 9.17) is 5.73 Å². The van der Waals surface area contributed by atoms with Crippen LogP contribution in [0.1, 0.15) is 27.2 Å². The average molecular weight is 446 g/mol. The molecule has 5 N–H and O–H groups in total. The first kappa shape index (κ1) is 22.1. The first-order valence-corrected chi connectivity index (χ1v) is 10.5. The van der Waals surface area contributed by atoms with Gasteiger partial charge < -0.3 is 16.4 Å². The zero-order chi connectivity index (χ0) is 23.0. The van der Waals surface area contributed by atoms with E-state index in [0.29, 0.717) is 43.1 Å². The lowest BCUT2D eigenvalue weighted by atomic mass is 10.1. The van der Waals surface area contributed by atoms with E-state index in [1.807, 2.05) is 12.1 Å². The lowest BCUT2D eigenvalue weighted by Crippen LogP contribution is -2.25. The number of aromatic nitrogens is 4. The van der Waals surface area contributed by atoms with Gasteiger partial charge in [-0.05, 0) is 47.9 Å². The van der Waals surface area contributed by atoms with E-state index >= 15 is 0 Å². The molecule has 0 saturated carbocycles. The molecule has 3 heterocycles. The number of amides is 1. The molecule has 0 aliphatic rings. The van der Waals surface area contributed by atoms with Crippen molar-refractivity contribution in [3.63, 3.8) is 0 Å². The molecular weight excluding hydrogens is 421 g/mol. The summed E-state index contributed by atoms with van der Waals surface area (Å²) in [4.78, 5) is 21.9. The van der Waals surface area contributed by atoms with Crippen molar-refractivity contribution in [2.45, 2.75) is 19.5 Å². The van der Waals surface area contributed by atoms with E-state index in [0.717, 1.165) is 22.4 Å². The molecule has 1 amide bonds. The largest absolute Gasteiger partial charge is 0.369 e. The minimum atomic E-state index is -0.278. The summed E-state index contributed by atoms with van der Waals surface area (Å²) < 4.78 is 13.5. The Hall–Kier alpha value is -4.11. The van der Waals surface area contributed by atoms with Crippen LogP contribution in [0.2, 0.25) is 0 Å². The Balaban J connectivity index is 1.52. The highest BCUT2D eigenvalue weighted by Crippen LogP contribution is 2.21. The number of nitrogens with one attached hydrogen (secondary N) is 3. The van der Waals surface area contributed by atoms with E-state index in [9.17, 15) is 9.18 Å². The number of rotatable bonds is 9. The zero-order valence-corrected chi connectivity index (χ0v) is 17.9. The second kappa shape index (κ2) is 10.5. The van der Waals surface area contributed by atoms with Crippen molar-refractivity contribution in [2.75, 3.05) is 11.9 Å². The topological polar surface area (TPSA) is 122 Å². The van der Waals surface area contributed by atoms with Gasteiger partial charge in [0.25, 0.3) is 5.91 Å². The van der Waals surface area contributed by atoms with Gasteiger partial charge in [0.15, 0.2) is 0 Å². The summed E-state index contributed by atoms with van der Waals surface area (Å²) in [6.07, 6.45) is 5.64. The van der Waals surface area contributed by atoms with E-state index in [1.165, 1.54) is 12.1 Å². The predicted octanol–water partition coefficient (Wildman–Crippen LogP) is 3.05. The monoisotopic (exact) mass is 445 g/mol. The molecule has 3 aromatic heterocycles. The van der Waals surface area contributed by atoms with Gasteiger partial charge in [0.2, 0.25) is 0 Å². The zero-order valence-electron chi connectivity index (χ0n) is 17.9. The molecule has 0 fully saturated rings. The van der Waals surface area contributed by atoms with Crippen LogP contribution in [0.3, 0.4) is 0 Å². The third-order valence-electron chi connectivity index (χ3n) is 5.15. The summed E-state index contributed by atoms with van der Waals surface area (Å²) in [5.41, 5.74) is 10.1. The van der Waals surface area contributed by atoms with Gasteiger partial charge in [-0.2, -0.15) is 5.10 Å². The highest BCUT2D eigenvalue weighted by molar-refractivity contribution is 5.99. The van der Waals surface area contributed by atoms with Crippen LogP contribution in [0.4, 0.5) is 10.2 Å². The Morgan fingerprint density at radius 2 is 2.06 bits per heavy atom. The second-order valence-corrected chi connectivity index (χ2v) is 7.38. The van der Waals surface area contributed by atoms with E-state index in [1.54, 1.807) is 42.9 Å². The van der Waals surface area contributed by atoms with Crippen LogP contribution >= 0.6 is 0 Å². The molecule has 4 aromatic rings. The minimum absolute atomic E-state index is 0.277. The number of carbonyl (C=O) groups excluding carboxylic acids is 1. The quantitative estimate of drug-likeness (QED) is 0.314. The smallest absolute Gasteiger partial charge is 0.255 e. The molecule has 168 valence electrons. The maximum Gasteiger partial charge on any atom is 0.255 e. The fourth-order valence-corrected chi connectivity index (χ4v) is 3.43. The standard InChI is InChI=1S/C24H24FN7O/c25-19-5-1-3-16(11-19)8-10-28-23-20(6-7-21(32-23)18-14-30-31-15-18)24(33)29-13-17-4-2-9-27-22(17)12-26/h1-7,9,11,14-15H,8,10,12-13,26H2,(H,28,32)(H,29,33)(H,30,31). The molecule has 9 heteroatoms. The third kappa shape index (κ3) is 5.58. The van der Waals surface area contributed by atoms with Crippen molar-refractivity contribution >= 4 is 11.7 Å². The molecule has 0 spiro atoms. The van der Waals surface area contributed by atoms with Gasteiger partial charge in [0.1, 0.15) is 11.6 Å². The molecule has 4 rings (SSSR count). The lowest BCUT2D eigenvalue weighted by molar-refractivity contribution is 0.0951. The van der Waals surface area contributed by atoms with Crippen LogP contribution in [0.15, 0.2) is 67.1 Å². The van der Waals surface area contributed by atoms with Gasteiger partial charge in [0.05, 0.1) is 23.1 Å². The normalized spacial score (nSPS) is 10.7. The van der Waals surface area contributed by atoms with E-state index in [2.05, 4.69) is 30.8 Å². The average Bonchev–Trinajstić information content (AvgIpc) is 3.38. The van der Waals surface area contributed by atoms with Gasteiger partial charge in [-0.3, -0.25) is 14.9 Å². The van der Waals surface area contributed by atoms with Gasteiger partial charge in [-0.1, -0.05) is 18.2 Å². The number of halogens is 1. The van der Waals surface area contributed by atoms with Crippen molar-refractivity contribution in [1.29, 1.82) is 0 Å². The first-order chi connectivity index (χ1) is 16.1. The van der Waals surface area contributed by atoms with Gasteiger partial charge in [-0.15, -0.1) is 0 Å². The van der Waals surface area contributed by atoms with Crippen molar-refractivity contribution < 1.29 is 9.18 Å². The number of carbonyl (C=O) groups is 1. The molecule has 0 unspecified atom stereocenters. The number of hydrogen-bond donors (Lipinski definition) is 4. The van der Waals surface area contributed by atoms with Crippen LogP contribution in [-0.2, 0) is 19.5 Å². The summed E-state index contributed by atoms with van der Waals surface area (Å²) in [7, 11) is 0. The Labute approximate surface area is 190 Å². The minimum Gasteiger partial charge on any atom is -0.369 e. The summed E-state index contributed by atoms with van der Waals surface area (Å²) >= 11 is 0. The Morgan fingerprint density at radius 1 is 1.15 bits per heavy atom. The van der Waals surface area contributed by atoms with Crippen molar-refractivity contribution in [2.24, 2.45) is 5.73 Å². The molecule has 0 radical (unpaired) electrons. The SMILES string of the molecule is NCc1ncccc1CNC(=O)c1ccc(-c2cn[nH]c2)nc1NCCc1cccc(F)c1. The van der Waals surface area contributed by atoms with Gasteiger partial charge in [0, 0.05) is 37.6 Å². The summed E-state index contributed by atoms with van der Waals surface area (Å²) in [5.74, 6) is -0.117. The van der Waals surface area contributed by atoms with Gasteiger partial charge in [-0.25, -0.2) is 9.37 Å². The number of nitrogens with two attached hydrogens (primary N) is 1. The van der Waals surface area contributed by atoms with Crippen molar-refractivity contribution in [3.8, 4) is 11.3 Å². The maximum atomic E-state index is 13.5. The summed E-state index contributed by atoms with van der Waals surface area (Å²) in [6, 6.07) is 13.6. The number of pyridine rings is 2. The number of hydrogen-bond acceptors (Lipinski definition) is 6. The van der Waals surface area contributed by atoms with Gasteiger partial charge >= 0.3 is 0 Å². The molecule has 33 heavy (non-hydrogen) atoms. The Morgan fingerprint density at radius 3 is 2.85 bits per heavy atom. The van der Waals surface area contributed by atoms with Crippen LogP contribution in [0.25, 0.3) is 11.3 Å². The summed E-state index contributed by atoms with van der Waals surface area (Å²) in [5, 5.41) is 12.9. The summed E-state index contributed by atoms with van der Waals surface area (Å²) in [6.45, 7) is 1.07. The van der Waals surface area contributed by atoms with E-state index in [-0.39, 0.29) is 11.7 Å². The Kier molecular flexibility index (Phi) is 7.01. The molecule has 0 bridgehead atoms. The fraction of sp³-hybridized carbons (Fsp3) is 0.167. The van der Waals surface area contributed by atoms with Crippen LogP contribution in [-0.4, -0.2) is 32.6 Å². The molecule has 0 saturated heterocycles. The fourth-order valence-electron chi connectivity index (χ4n) is 3.43. The molecule has 1 aromatic carbocycles. The molecule has 8 nitrogen and oxygen atoms in total. The molecular formula is C24H24FN7O. The predicted molar refractivity (Wildman–Crippen MR) is 124 cm³/mol. The lowest BCUT2D eigenvalue weighted by Gasteiger charge is -2.14. The van der Waals surface area contributed by atoms with Crippen molar-refractivity contribution in [3.05, 3.63) is 95.3 Å². The third-order valence-corrected chi connectivity index (χ3v) is 5.15. The maximum absolute atomic E-state index is 13.5. The Bertz CT molecular complexity index is 1230. The molecule has 0 aliphatic heterocycles. The molecule has 0 aliphatic carbocycles. The number of H-pyrrole nitrogens is 1. The van der Waals surface area contributed by atoms with Crippen LogP contribution in [0.5, 0.6) is 0 Å². The highest BCUT2D eigenvalue weighted by atomic mass is 19.1. The molecule has 0 atom stereocenters. The second-order valence-electron chi connectivity index (χ2n) is 7.38. The van der Waals surface area contributed by atoms with Crippen molar-refractivity contribution in [1.82, 2.24) is 25.5 Å². The number of aromatic amines is 1. The van der Waals surface area contributed by atoms with Crippen LogP contribution < -0.4 is 16.4 Å². The van der Waals surface area contributed by atoms with Crippen LogP contribution in [0, 0.1) is 5.82 Å². The first-order valence-electron chi connectivity index (χ1n) is 10.5. The number of nitrogens with zero attached hydrogens (tertiary/aromatic N) is 3. The van der Waals surface area contributed by atoms with E-state index < -0.39 is 0 Å². The highest BCUT2D eigenvalue weighted by Gasteiger charge is 2.15. The number of anilines is 1. The number of benzene rings is 1.